The monoisotopic (exact) mass is 1010 g/mol. The lowest BCUT2D eigenvalue weighted by molar-refractivity contribution is -0.132. The number of aromatic amines is 2. The Balaban J connectivity index is 0.000000203. The predicted octanol–water partition coefficient (Wildman–Crippen LogP) is 5.44. The van der Waals surface area contributed by atoms with Crippen molar-refractivity contribution < 1.29 is 57.0 Å². The maximum absolute atomic E-state index is 14.5. The number of Topliss-reactive ketones (excluding diaryl/α,β-unsaturated/α-hetero) is 2. The van der Waals surface area contributed by atoms with Gasteiger partial charge in [0, 0.05) is 114 Å². The Bertz CT molecular complexity index is 2880. The van der Waals surface area contributed by atoms with Crippen molar-refractivity contribution in [3.8, 4) is 0 Å². The van der Waals surface area contributed by atoms with E-state index in [1.807, 2.05) is 50.4 Å². The maximum atomic E-state index is 14.5. The fraction of sp³-hybridized carbons (Fsp3) is 0.280. The van der Waals surface area contributed by atoms with Crippen LogP contribution in [0.25, 0.3) is 21.8 Å². The predicted molar refractivity (Wildman–Crippen MR) is 271 cm³/mol. The van der Waals surface area contributed by atoms with E-state index in [9.17, 15) is 47.1 Å². The smallest absolute Gasteiger partial charge is 0.377 e. The maximum Gasteiger partial charge on any atom is 0.377 e. The van der Waals surface area contributed by atoms with E-state index >= 15 is 0 Å². The van der Waals surface area contributed by atoms with Gasteiger partial charge in [0.05, 0.1) is 41.1 Å². The molecule has 3 aliphatic heterocycles. The molecule has 3 fully saturated rings. The molecule has 5 amide bonds. The van der Waals surface area contributed by atoms with Crippen LogP contribution in [-0.2, 0) is 23.9 Å². The largest absolute Gasteiger partial charge is 0.475 e. The molecule has 6 N–H and O–H groups in total. The molecule has 18 nitrogen and oxygen atoms in total. The normalized spacial score (nSPS) is 13.9. The number of carbonyl (C=O) groups excluding carboxylic acids is 7. The average molecular weight is 1010 g/mol. The molecule has 22 heteroatoms. The topological polar surface area (TPSA) is 243 Å². The molecule has 0 saturated carbocycles. The number of nitrogens with zero attached hydrogens (tertiary/aromatic N) is 3. The van der Waals surface area contributed by atoms with E-state index in [-0.39, 0.29) is 75.3 Å². The minimum absolute atomic E-state index is 0.0486. The zero-order valence-electron chi connectivity index (χ0n) is 39.6. The standard InChI is InChI=1S/C23H21FN4O4.C12H9FN2O4.C11H14N2O.C4H8O.BH2P/c1-14(29)26-18-8-7-17(24)19-16(13-25-20(18)19)21(30)23(32)28-11-9-27(10-12-28)22(31)15-5-3-2-4-6-15;1-5(16)15-8-3-2-7(13)9-6(4-14-10(8)9)11(17)12(18)19;14-11(10-4-2-1-3-5-10)13-8-6-12-7-9-13;1-2-4-5-3-1;1-2/h2-8,13,25H,9-12H2,1H3,(H,26,29);2-4,14H,1H3,(H,15,16)(H,18,19);1-5,12H,6-9H2;1-4H2;2H2. The molecular weight excluding hydrogens is 952 g/mol. The fourth-order valence-electron chi connectivity index (χ4n) is 7.75. The summed E-state index contributed by atoms with van der Waals surface area (Å²) < 4.78 is 33.2. The Morgan fingerprint density at radius 2 is 0.986 bits per heavy atom. The second-order valence-corrected chi connectivity index (χ2v) is 16.1. The number of carbonyl (C=O) groups is 8. The highest BCUT2D eigenvalue weighted by Crippen LogP contribution is 2.30. The lowest BCUT2D eigenvalue weighted by Gasteiger charge is -2.34. The molecule has 0 aliphatic carbocycles. The van der Waals surface area contributed by atoms with E-state index in [2.05, 4.69) is 33.5 Å². The molecule has 2 aromatic heterocycles. The van der Waals surface area contributed by atoms with Crippen LogP contribution in [0.5, 0.6) is 0 Å². The zero-order chi connectivity index (χ0) is 52.3. The van der Waals surface area contributed by atoms with Crippen molar-refractivity contribution in [1.29, 1.82) is 0 Å². The Morgan fingerprint density at radius 1 is 0.583 bits per heavy atom. The van der Waals surface area contributed by atoms with Crippen LogP contribution in [0.15, 0.2) is 97.3 Å². The summed E-state index contributed by atoms with van der Waals surface area (Å²) in [6.07, 6.45) is 4.93. The van der Waals surface area contributed by atoms with Crippen molar-refractivity contribution in [1.82, 2.24) is 30.0 Å². The number of aliphatic carboxylic acids is 1. The van der Waals surface area contributed by atoms with Gasteiger partial charge in [-0.3, -0.25) is 33.6 Å². The molecule has 1 unspecified atom stereocenters. The number of ether oxygens (including phenoxy) is 1. The van der Waals surface area contributed by atoms with Crippen LogP contribution in [-0.4, -0.2) is 150 Å². The molecule has 72 heavy (non-hydrogen) atoms. The molecule has 1 atom stereocenters. The van der Waals surface area contributed by atoms with Crippen molar-refractivity contribution >= 4 is 96.9 Å². The molecule has 5 heterocycles. The van der Waals surface area contributed by atoms with Gasteiger partial charge in [-0.15, -0.1) is 0 Å². The van der Waals surface area contributed by atoms with E-state index in [1.54, 1.807) is 29.2 Å². The lowest BCUT2D eigenvalue weighted by Crippen LogP contribution is -2.52. The van der Waals surface area contributed by atoms with Gasteiger partial charge in [-0.25, -0.2) is 13.6 Å². The van der Waals surface area contributed by atoms with E-state index in [1.165, 1.54) is 49.9 Å². The van der Waals surface area contributed by atoms with Crippen LogP contribution in [0.2, 0.25) is 0 Å². The second-order valence-electron chi connectivity index (χ2n) is 16.1. The number of piperazine rings is 2. The summed E-state index contributed by atoms with van der Waals surface area (Å²) in [6.45, 7) is 9.01. The van der Waals surface area contributed by atoms with Gasteiger partial charge in [-0.2, -0.15) is 9.12 Å². The van der Waals surface area contributed by atoms with E-state index in [0.29, 0.717) is 24.3 Å². The molecule has 3 saturated heterocycles. The van der Waals surface area contributed by atoms with Gasteiger partial charge < -0.3 is 50.5 Å². The molecule has 4 aromatic carbocycles. The first-order valence-electron chi connectivity index (χ1n) is 22.7. The first-order chi connectivity index (χ1) is 34.7. The number of fused-ring (bicyclic) bond motifs is 2. The summed E-state index contributed by atoms with van der Waals surface area (Å²) in [5.74, 6) is -6.62. The Labute approximate surface area is 416 Å². The number of carboxylic acids is 1. The second kappa shape index (κ2) is 27.1. The number of anilines is 2. The van der Waals surface area contributed by atoms with Crippen LogP contribution < -0.4 is 16.0 Å². The molecule has 3 aliphatic rings. The number of ketones is 2. The van der Waals surface area contributed by atoms with Crippen molar-refractivity contribution in [3.05, 3.63) is 131 Å². The zero-order valence-corrected chi connectivity index (χ0v) is 40.8. The minimum Gasteiger partial charge on any atom is -0.475 e. The van der Waals surface area contributed by atoms with Gasteiger partial charge in [0.25, 0.3) is 29.3 Å². The molecule has 376 valence electrons. The van der Waals surface area contributed by atoms with Crippen molar-refractivity contribution in [2.75, 3.05) is 76.2 Å². The van der Waals surface area contributed by atoms with Crippen molar-refractivity contribution in [2.24, 2.45) is 0 Å². The summed E-state index contributed by atoms with van der Waals surface area (Å²) in [6, 6.07) is 23.2. The van der Waals surface area contributed by atoms with Crippen molar-refractivity contribution in [3.63, 3.8) is 0 Å². The number of nitrogens with one attached hydrogen (secondary N) is 5. The summed E-state index contributed by atoms with van der Waals surface area (Å²) in [7, 11) is 6.33. The van der Waals surface area contributed by atoms with Gasteiger partial charge in [0.2, 0.25) is 11.8 Å². The molecule has 9 rings (SSSR count). The summed E-state index contributed by atoms with van der Waals surface area (Å²) >= 11 is 0. The molecule has 0 bridgehead atoms. The van der Waals surface area contributed by atoms with E-state index < -0.39 is 35.1 Å². The number of hydrogen-bond donors (Lipinski definition) is 6. The third kappa shape index (κ3) is 14.5. The Kier molecular flexibility index (Phi) is 20.8. The van der Waals surface area contributed by atoms with Crippen LogP contribution in [0, 0.1) is 11.6 Å². The third-order valence-corrected chi connectivity index (χ3v) is 11.2. The fourth-order valence-corrected chi connectivity index (χ4v) is 7.75. The van der Waals surface area contributed by atoms with Gasteiger partial charge in [0.1, 0.15) is 11.6 Å². The number of H-pyrrole nitrogens is 2. The van der Waals surface area contributed by atoms with Crippen LogP contribution in [0.1, 0.15) is 68.1 Å². The summed E-state index contributed by atoms with van der Waals surface area (Å²) in [5, 5.41) is 16.7. The van der Waals surface area contributed by atoms with E-state index in [4.69, 9.17) is 9.84 Å². The minimum atomic E-state index is -1.68. The van der Waals surface area contributed by atoms with Crippen molar-refractivity contribution in [2.45, 2.75) is 26.7 Å². The van der Waals surface area contributed by atoms with Gasteiger partial charge in [0.15, 0.2) is 0 Å². The lowest BCUT2D eigenvalue weighted by atomic mass is 10.1. The molecule has 2 radical (unpaired) electrons. The highest BCUT2D eigenvalue weighted by atomic mass is 31.0. The van der Waals surface area contributed by atoms with E-state index in [0.717, 1.165) is 63.3 Å². The average Bonchev–Trinajstić information content (AvgIpc) is 4.23. The molecule has 6 aromatic rings. The number of aromatic nitrogens is 2. The summed E-state index contributed by atoms with van der Waals surface area (Å²) in [4.78, 5) is 105. The SMILES string of the molecule is C1CCOC1.CC(=O)Nc1ccc(F)c2c(C(=O)C(=O)N3CCN(C(=O)c4ccccc4)CC3)c[nH]c12.CC(=O)Nc1ccc(F)c2c(C(=O)C(=O)O)c[nH]c12.O=C(c1ccccc1)N1CCNCC1.[B]P. The number of rotatable bonds is 8. The van der Waals surface area contributed by atoms with Gasteiger partial charge in [-0.05, 0) is 61.4 Å². The van der Waals surface area contributed by atoms with Gasteiger partial charge in [-0.1, -0.05) is 36.4 Å². The number of amides is 5. The third-order valence-electron chi connectivity index (χ3n) is 11.2. The summed E-state index contributed by atoms with van der Waals surface area (Å²) in [5.41, 5.74) is 1.95. The van der Waals surface area contributed by atoms with Gasteiger partial charge >= 0.3 is 5.97 Å². The quantitative estimate of drug-likeness (QED) is 0.0486. The van der Waals surface area contributed by atoms with Crippen LogP contribution in [0.3, 0.4) is 0 Å². The Morgan fingerprint density at radius 3 is 1.38 bits per heavy atom. The Hall–Kier alpha value is -7.61. The highest BCUT2D eigenvalue weighted by molar-refractivity contribution is 7.49. The van der Waals surface area contributed by atoms with Crippen LogP contribution >= 0.6 is 9.12 Å². The number of halogens is 2. The molecular formula is C50H54BF2N8O10P. The number of benzene rings is 4. The van der Waals surface area contributed by atoms with Crippen LogP contribution in [0.4, 0.5) is 20.2 Å². The highest BCUT2D eigenvalue weighted by Gasteiger charge is 2.31. The first-order valence-corrected chi connectivity index (χ1v) is 23.4. The first kappa shape index (κ1) is 55.3. The number of carboxylic acid groups (broad SMARTS) is 1. The number of hydrogen-bond acceptors (Lipinski definition) is 10. The molecule has 0 spiro atoms.